The highest BCUT2D eigenvalue weighted by molar-refractivity contribution is 5.96. The van der Waals surface area contributed by atoms with Crippen molar-refractivity contribution in [2.45, 2.75) is 52.5 Å². The van der Waals surface area contributed by atoms with E-state index < -0.39 is 11.9 Å². The molecule has 214 valence electrons. The monoisotopic (exact) mass is 555 g/mol. The number of carboxylic acids is 2. The number of aromatic nitrogens is 1. The van der Waals surface area contributed by atoms with E-state index in [1.54, 1.807) is 0 Å². The third kappa shape index (κ3) is 8.73. The molecule has 3 aromatic carbocycles. The summed E-state index contributed by atoms with van der Waals surface area (Å²) in [5.74, 6) is -0.0277. The number of hydrogen-bond acceptors (Lipinski definition) is 4. The maximum Gasteiger partial charge on any atom is 0.307 e. The lowest BCUT2D eigenvalue weighted by atomic mass is 10.0. The molecule has 0 saturated carbocycles. The van der Waals surface area contributed by atoms with Gasteiger partial charge in [0.15, 0.2) is 0 Å². The SMILES string of the molecule is Cc1cc(C)cc(OCCCCOc2ccc(C=Cc3cccc4c3c(CC(=O)O)cn4CCCC(=O)O)cc2)c1. The summed E-state index contributed by atoms with van der Waals surface area (Å²) < 4.78 is 13.7. The van der Waals surface area contributed by atoms with Crippen molar-refractivity contribution >= 4 is 35.0 Å². The summed E-state index contributed by atoms with van der Waals surface area (Å²) in [6, 6.07) is 20.0. The molecule has 0 aliphatic heterocycles. The number of fused-ring (bicyclic) bond motifs is 1. The molecule has 4 aromatic rings. The van der Waals surface area contributed by atoms with Crippen LogP contribution < -0.4 is 9.47 Å². The van der Waals surface area contributed by atoms with Crippen LogP contribution in [0.1, 0.15) is 53.5 Å². The Kier molecular flexibility index (Phi) is 10.2. The predicted molar refractivity (Wildman–Crippen MR) is 162 cm³/mol. The van der Waals surface area contributed by atoms with Gasteiger partial charge in [-0.15, -0.1) is 0 Å². The molecule has 0 radical (unpaired) electrons. The van der Waals surface area contributed by atoms with E-state index in [9.17, 15) is 14.7 Å². The van der Waals surface area contributed by atoms with Crippen LogP contribution in [0.2, 0.25) is 0 Å². The summed E-state index contributed by atoms with van der Waals surface area (Å²) in [6.45, 7) is 5.92. The summed E-state index contributed by atoms with van der Waals surface area (Å²) in [5, 5.41) is 19.3. The van der Waals surface area contributed by atoms with Gasteiger partial charge < -0.3 is 24.3 Å². The van der Waals surface area contributed by atoms with E-state index in [0.717, 1.165) is 46.4 Å². The minimum absolute atomic E-state index is 0.0649. The van der Waals surface area contributed by atoms with Crippen molar-refractivity contribution in [2.24, 2.45) is 0 Å². The van der Waals surface area contributed by atoms with Crippen LogP contribution in [0, 0.1) is 13.8 Å². The van der Waals surface area contributed by atoms with Gasteiger partial charge in [0.2, 0.25) is 0 Å². The molecule has 1 aromatic heterocycles. The lowest BCUT2D eigenvalue weighted by molar-refractivity contribution is -0.137. The molecule has 0 saturated heterocycles. The maximum absolute atomic E-state index is 11.5. The highest BCUT2D eigenvalue weighted by atomic mass is 16.5. The zero-order chi connectivity index (χ0) is 29.2. The van der Waals surface area contributed by atoms with E-state index in [1.807, 2.05) is 65.4 Å². The molecule has 0 bridgehead atoms. The molecule has 0 atom stereocenters. The van der Waals surface area contributed by atoms with E-state index in [1.165, 1.54) is 11.1 Å². The predicted octanol–water partition coefficient (Wildman–Crippen LogP) is 7.16. The molecule has 2 N–H and O–H groups in total. The molecular weight excluding hydrogens is 518 g/mol. The quantitative estimate of drug-likeness (QED) is 0.119. The standard InChI is InChI=1S/C34H37NO6/c1-24-19-25(2)21-30(20-24)41-18-4-3-17-40-29-14-11-26(12-15-29)10-13-27-7-5-8-31-34(27)28(22-33(38)39)23-35(31)16-6-9-32(36)37/h5,7-8,10-15,19-21,23H,3-4,6,9,16-18,22H2,1-2H3,(H,36,37)(H,38,39). The van der Waals surface area contributed by atoms with Crippen molar-refractivity contribution in [3.8, 4) is 11.5 Å². The van der Waals surface area contributed by atoms with Gasteiger partial charge in [0.1, 0.15) is 11.5 Å². The average molecular weight is 556 g/mol. The highest BCUT2D eigenvalue weighted by Crippen LogP contribution is 2.28. The number of unbranched alkanes of at least 4 members (excludes halogenated alkanes) is 1. The van der Waals surface area contributed by atoms with Gasteiger partial charge in [-0.1, -0.05) is 42.5 Å². The molecule has 4 rings (SSSR count). The van der Waals surface area contributed by atoms with Gasteiger partial charge in [0, 0.05) is 30.1 Å². The number of ether oxygens (including phenoxy) is 2. The Balaban J connectivity index is 1.33. The first kappa shape index (κ1) is 29.5. The zero-order valence-electron chi connectivity index (χ0n) is 23.6. The molecule has 7 nitrogen and oxygen atoms in total. The van der Waals surface area contributed by atoms with Gasteiger partial charge in [-0.3, -0.25) is 9.59 Å². The Morgan fingerprint density at radius 1 is 0.805 bits per heavy atom. The Morgan fingerprint density at radius 2 is 1.49 bits per heavy atom. The van der Waals surface area contributed by atoms with Crippen LogP contribution >= 0.6 is 0 Å². The first-order chi connectivity index (χ1) is 19.8. The number of nitrogens with zero attached hydrogens (tertiary/aromatic N) is 1. The summed E-state index contributed by atoms with van der Waals surface area (Å²) in [7, 11) is 0. The molecule has 0 spiro atoms. The summed E-state index contributed by atoms with van der Waals surface area (Å²) >= 11 is 0. The summed E-state index contributed by atoms with van der Waals surface area (Å²) in [6.07, 6.45) is 8.05. The molecule has 0 amide bonds. The van der Waals surface area contributed by atoms with Gasteiger partial charge >= 0.3 is 11.9 Å². The average Bonchev–Trinajstić information content (AvgIpc) is 3.26. The van der Waals surface area contributed by atoms with Crippen LogP contribution in [0.4, 0.5) is 0 Å². The number of aryl methyl sites for hydroxylation is 3. The fourth-order valence-corrected chi connectivity index (χ4v) is 4.95. The van der Waals surface area contributed by atoms with Crippen molar-refractivity contribution in [2.75, 3.05) is 13.2 Å². The number of hydrogen-bond donors (Lipinski definition) is 2. The highest BCUT2D eigenvalue weighted by Gasteiger charge is 2.14. The largest absolute Gasteiger partial charge is 0.494 e. The minimum atomic E-state index is -0.905. The van der Waals surface area contributed by atoms with Gasteiger partial charge in [0.05, 0.1) is 19.6 Å². The van der Waals surface area contributed by atoms with Gasteiger partial charge in [0.25, 0.3) is 0 Å². The fourth-order valence-electron chi connectivity index (χ4n) is 4.95. The number of rotatable bonds is 15. The van der Waals surface area contributed by atoms with Crippen LogP contribution in [0.25, 0.3) is 23.1 Å². The molecular formula is C34H37NO6. The van der Waals surface area contributed by atoms with E-state index >= 15 is 0 Å². The van der Waals surface area contributed by atoms with E-state index in [-0.39, 0.29) is 12.8 Å². The second-order valence-electron chi connectivity index (χ2n) is 10.3. The van der Waals surface area contributed by atoms with E-state index in [4.69, 9.17) is 14.6 Å². The normalized spacial score (nSPS) is 11.3. The molecule has 7 heteroatoms. The Labute approximate surface area is 240 Å². The summed E-state index contributed by atoms with van der Waals surface area (Å²) in [5.41, 5.74) is 5.93. The summed E-state index contributed by atoms with van der Waals surface area (Å²) in [4.78, 5) is 22.5. The first-order valence-corrected chi connectivity index (χ1v) is 13.9. The third-order valence-corrected chi connectivity index (χ3v) is 6.76. The molecule has 0 fully saturated rings. The van der Waals surface area contributed by atoms with Crippen molar-refractivity contribution in [1.29, 1.82) is 0 Å². The van der Waals surface area contributed by atoms with Gasteiger partial charge in [-0.2, -0.15) is 0 Å². The molecule has 1 heterocycles. The van der Waals surface area contributed by atoms with Gasteiger partial charge in [-0.05, 0) is 91.3 Å². The second kappa shape index (κ2) is 14.2. The maximum atomic E-state index is 11.5. The van der Waals surface area contributed by atoms with Crippen molar-refractivity contribution < 1.29 is 29.3 Å². The molecule has 0 aliphatic rings. The first-order valence-electron chi connectivity index (χ1n) is 13.9. The topological polar surface area (TPSA) is 98.0 Å². The number of carboxylic acid groups (broad SMARTS) is 2. The molecule has 41 heavy (non-hydrogen) atoms. The van der Waals surface area contributed by atoms with Crippen LogP contribution in [-0.2, 0) is 22.6 Å². The molecule has 0 unspecified atom stereocenters. The fraction of sp³-hybridized carbons (Fsp3) is 0.294. The van der Waals surface area contributed by atoms with Crippen LogP contribution in [0.3, 0.4) is 0 Å². The zero-order valence-corrected chi connectivity index (χ0v) is 23.6. The Bertz CT molecular complexity index is 1500. The van der Waals surface area contributed by atoms with Crippen molar-refractivity contribution in [3.63, 3.8) is 0 Å². The second-order valence-corrected chi connectivity index (χ2v) is 10.3. The van der Waals surface area contributed by atoms with Gasteiger partial charge in [-0.25, -0.2) is 0 Å². The van der Waals surface area contributed by atoms with Crippen molar-refractivity contribution in [1.82, 2.24) is 4.57 Å². The number of benzene rings is 3. The number of aliphatic carboxylic acids is 2. The van der Waals surface area contributed by atoms with Crippen molar-refractivity contribution in [3.05, 3.63) is 94.7 Å². The minimum Gasteiger partial charge on any atom is -0.494 e. The smallest absolute Gasteiger partial charge is 0.307 e. The van der Waals surface area contributed by atoms with Crippen LogP contribution in [0.15, 0.2) is 66.9 Å². The Morgan fingerprint density at radius 3 is 2.15 bits per heavy atom. The van der Waals surface area contributed by atoms with E-state index in [2.05, 4.69) is 32.0 Å². The Hall–Kier alpha value is -4.52. The van der Waals surface area contributed by atoms with Crippen LogP contribution in [0.5, 0.6) is 11.5 Å². The third-order valence-electron chi connectivity index (χ3n) is 6.76. The lowest BCUT2D eigenvalue weighted by Crippen LogP contribution is -2.02. The van der Waals surface area contributed by atoms with E-state index in [0.29, 0.717) is 31.7 Å². The lowest BCUT2D eigenvalue weighted by Gasteiger charge is -2.09. The molecule has 0 aliphatic carbocycles. The van der Waals surface area contributed by atoms with Crippen LogP contribution in [-0.4, -0.2) is 39.9 Å². The number of carbonyl (C=O) groups is 2.